The zero-order valence-electron chi connectivity index (χ0n) is 8.60. The Hall–Kier alpha value is 1.08. The third-order valence-electron chi connectivity index (χ3n) is 2.29. The molecule has 0 radical (unpaired) electrons. The lowest BCUT2D eigenvalue weighted by molar-refractivity contribution is 0.575. The van der Waals surface area contributed by atoms with E-state index in [0.717, 1.165) is 5.75 Å². The van der Waals surface area contributed by atoms with Crippen molar-refractivity contribution in [3.05, 3.63) is 0 Å². The second kappa shape index (κ2) is 13.1. The molecular formula is C11H23IS. The standard InChI is InChI=1S/C11H23IS/c12-10-8-6-4-2-1-3-5-7-9-11-13/h13H,1-11H2. The predicted molar refractivity (Wildman–Crippen MR) is 74.3 cm³/mol. The summed E-state index contributed by atoms with van der Waals surface area (Å²) in [6.45, 7) is 0. The summed E-state index contributed by atoms with van der Waals surface area (Å²) in [7, 11) is 0. The molecule has 0 aliphatic heterocycles. The van der Waals surface area contributed by atoms with E-state index >= 15 is 0 Å². The van der Waals surface area contributed by atoms with Crippen molar-refractivity contribution < 1.29 is 0 Å². The number of unbranched alkanes of at least 4 members (excludes halogenated alkanes) is 8. The average Bonchev–Trinajstić information content (AvgIpc) is 2.16. The Labute approximate surface area is 103 Å². The third-order valence-corrected chi connectivity index (χ3v) is 3.37. The highest BCUT2D eigenvalue weighted by molar-refractivity contribution is 14.1. The fraction of sp³-hybridized carbons (Fsp3) is 1.00. The second-order valence-corrected chi connectivity index (χ2v) is 5.12. The normalized spacial score (nSPS) is 10.6. The van der Waals surface area contributed by atoms with Gasteiger partial charge in [-0.2, -0.15) is 12.6 Å². The van der Waals surface area contributed by atoms with Gasteiger partial charge in [-0.25, -0.2) is 0 Å². The molecule has 0 aromatic carbocycles. The number of alkyl halides is 1. The fourth-order valence-electron chi connectivity index (χ4n) is 1.44. The van der Waals surface area contributed by atoms with Gasteiger partial charge in [0.25, 0.3) is 0 Å². The van der Waals surface area contributed by atoms with E-state index in [9.17, 15) is 0 Å². The van der Waals surface area contributed by atoms with Crippen molar-refractivity contribution in [3.8, 4) is 0 Å². The molecule has 0 nitrogen and oxygen atoms in total. The Bertz CT molecular complexity index is 76.2. The summed E-state index contributed by atoms with van der Waals surface area (Å²) in [5.74, 6) is 1.07. The van der Waals surface area contributed by atoms with Crippen molar-refractivity contribution in [1.82, 2.24) is 0 Å². The van der Waals surface area contributed by atoms with Gasteiger partial charge in [-0.05, 0) is 23.0 Å². The molecule has 0 aromatic rings. The molecule has 13 heavy (non-hydrogen) atoms. The van der Waals surface area contributed by atoms with E-state index < -0.39 is 0 Å². The predicted octanol–water partition coefficient (Wildman–Crippen LogP) is 4.86. The highest BCUT2D eigenvalue weighted by Crippen LogP contribution is 2.10. The van der Waals surface area contributed by atoms with Crippen LogP contribution in [0.4, 0.5) is 0 Å². The largest absolute Gasteiger partial charge is 0.179 e. The summed E-state index contributed by atoms with van der Waals surface area (Å²) < 4.78 is 1.33. The van der Waals surface area contributed by atoms with E-state index in [1.807, 2.05) is 0 Å². The summed E-state index contributed by atoms with van der Waals surface area (Å²) in [5, 5.41) is 0. The van der Waals surface area contributed by atoms with Crippen LogP contribution < -0.4 is 0 Å². The first-order chi connectivity index (χ1) is 6.41. The molecule has 0 amide bonds. The van der Waals surface area contributed by atoms with Crippen molar-refractivity contribution in [1.29, 1.82) is 0 Å². The van der Waals surface area contributed by atoms with Gasteiger partial charge in [0.15, 0.2) is 0 Å². The molecule has 0 saturated carbocycles. The second-order valence-electron chi connectivity index (χ2n) is 3.59. The molecule has 0 aliphatic carbocycles. The lowest BCUT2D eigenvalue weighted by Gasteiger charge is -2.00. The molecule has 0 N–H and O–H groups in total. The van der Waals surface area contributed by atoms with Gasteiger partial charge < -0.3 is 0 Å². The minimum absolute atomic E-state index is 1.07. The van der Waals surface area contributed by atoms with Gasteiger partial charge in [0.2, 0.25) is 0 Å². The van der Waals surface area contributed by atoms with Crippen LogP contribution in [0, 0.1) is 0 Å². The topological polar surface area (TPSA) is 0 Å². The molecule has 0 atom stereocenters. The lowest BCUT2D eigenvalue weighted by Crippen LogP contribution is -1.82. The van der Waals surface area contributed by atoms with Gasteiger partial charge in [0.1, 0.15) is 0 Å². The molecular weight excluding hydrogens is 291 g/mol. The fourth-order valence-corrected chi connectivity index (χ4v) is 2.21. The molecule has 0 bridgehead atoms. The van der Waals surface area contributed by atoms with Gasteiger partial charge in [-0.15, -0.1) is 0 Å². The quantitative estimate of drug-likeness (QED) is 0.253. The molecule has 0 rings (SSSR count). The number of rotatable bonds is 10. The van der Waals surface area contributed by atoms with E-state index in [1.165, 1.54) is 62.2 Å². The Morgan fingerprint density at radius 1 is 0.615 bits per heavy atom. The molecule has 2 heteroatoms. The van der Waals surface area contributed by atoms with Gasteiger partial charge in [0, 0.05) is 0 Å². The average molecular weight is 314 g/mol. The molecule has 0 unspecified atom stereocenters. The van der Waals surface area contributed by atoms with Crippen LogP contribution in [0.2, 0.25) is 0 Å². The first-order valence-electron chi connectivity index (χ1n) is 5.58. The van der Waals surface area contributed by atoms with Crippen molar-refractivity contribution >= 4 is 35.2 Å². The van der Waals surface area contributed by atoms with Gasteiger partial charge in [-0.3, -0.25) is 0 Å². The number of thiol groups is 1. The summed E-state index contributed by atoms with van der Waals surface area (Å²) in [6.07, 6.45) is 12.8. The maximum atomic E-state index is 4.20. The van der Waals surface area contributed by atoms with Crippen LogP contribution in [-0.2, 0) is 0 Å². The van der Waals surface area contributed by atoms with Crippen molar-refractivity contribution in [2.45, 2.75) is 57.8 Å². The summed E-state index contributed by atoms with van der Waals surface area (Å²) in [6, 6.07) is 0. The maximum absolute atomic E-state index is 4.20. The SMILES string of the molecule is SCCCCCCCCCCCI. The Kier molecular flexibility index (Phi) is 14.2. The molecule has 0 heterocycles. The molecule has 0 aliphatic rings. The molecule has 0 spiro atoms. The Morgan fingerprint density at radius 2 is 1.00 bits per heavy atom. The highest BCUT2D eigenvalue weighted by Gasteiger charge is 1.91. The summed E-state index contributed by atoms with van der Waals surface area (Å²) in [4.78, 5) is 0. The lowest BCUT2D eigenvalue weighted by atomic mass is 10.1. The van der Waals surface area contributed by atoms with E-state index in [4.69, 9.17) is 0 Å². The van der Waals surface area contributed by atoms with Gasteiger partial charge in [-0.1, -0.05) is 67.5 Å². The minimum atomic E-state index is 1.07. The summed E-state index contributed by atoms with van der Waals surface area (Å²) in [5.41, 5.74) is 0. The first kappa shape index (κ1) is 14.1. The van der Waals surface area contributed by atoms with E-state index in [0.29, 0.717) is 0 Å². The van der Waals surface area contributed by atoms with Crippen LogP contribution in [0.15, 0.2) is 0 Å². The maximum Gasteiger partial charge on any atom is -0.000473 e. The number of halogens is 1. The van der Waals surface area contributed by atoms with Crippen molar-refractivity contribution in [3.63, 3.8) is 0 Å². The molecule has 0 fully saturated rings. The monoisotopic (exact) mass is 314 g/mol. The Morgan fingerprint density at radius 3 is 1.38 bits per heavy atom. The van der Waals surface area contributed by atoms with Gasteiger partial charge in [0.05, 0.1) is 0 Å². The van der Waals surface area contributed by atoms with Crippen molar-refractivity contribution in [2.75, 3.05) is 10.2 Å². The number of hydrogen-bond acceptors (Lipinski definition) is 1. The molecule has 0 saturated heterocycles. The van der Waals surface area contributed by atoms with E-state index in [-0.39, 0.29) is 0 Å². The van der Waals surface area contributed by atoms with E-state index in [2.05, 4.69) is 35.2 Å². The van der Waals surface area contributed by atoms with Crippen LogP contribution in [0.1, 0.15) is 57.8 Å². The highest BCUT2D eigenvalue weighted by atomic mass is 127. The Balaban J connectivity index is 2.76. The van der Waals surface area contributed by atoms with Crippen LogP contribution in [0.3, 0.4) is 0 Å². The smallest absolute Gasteiger partial charge is 0.000473 e. The zero-order valence-corrected chi connectivity index (χ0v) is 11.7. The van der Waals surface area contributed by atoms with Crippen LogP contribution >= 0.6 is 35.2 Å². The van der Waals surface area contributed by atoms with Crippen molar-refractivity contribution in [2.24, 2.45) is 0 Å². The van der Waals surface area contributed by atoms with Crippen LogP contribution in [0.25, 0.3) is 0 Å². The van der Waals surface area contributed by atoms with Gasteiger partial charge >= 0.3 is 0 Å². The van der Waals surface area contributed by atoms with Crippen LogP contribution in [0.5, 0.6) is 0 Å². The number of hydrogen-bond donors (Lipinski definition) is 1. The third kappa shape index (κ3) is 13.1. The molecule has 80 valence electrons. The first-order valence-corrected chi connectivity index (χ1v) is 7.74. The minimum Gasteiger partial charge on any atom is -0.179 e. The van der Waals surface area contributed by atoms with Crippen LogP contribution in [-0.4, -0.2) is 10.2 Å². The zero-order chi connectivity index (χ0) is 9.78. The summed E-state index contributed by atoms with van der Waals surface area (Å²) >= 11 is 6.67. The van der Waals surface area contributed by atoms with E-state index in [1.54, 1.807) is 0 Å². The molecule has 0 aromatic heterocycles.